The summed E-state index contributed by atoms with van der Waals surface area (Å²) in [5.41, 5.74) is 0.705. The number of rotatable bonds is 5. The molecule has 0 aliphatic heterocycles. The number of amides is 1. The Kier molecular flexibility index (Phi) is 8.07. The topological polar surface area (TPSA) is 125 Å². The summed E-state index contributed by atoms with van der Waals surface area (Å²) in [4.78, 5) is 24.9. The smallest absolute Gasteiger partial charge is 0.475 e. The van der Waals surface area contributed by atoms with Gasteiger partial charge in [0, 0.05) is 17.4 Å². The fourth-order valence-electron chi connectivity index (χ4n) is 2.14. The third-order valence-electron chi connectivity index (χ3n) is 3.68. The van der Waals surface area contributed by atoms with Crippen LogP contribution in [0.1, 0.15) is 10.4 Å². The Hall–Kier alpha value is -4.00. The summed E-state index contributed by atoms with van der Waals surface area (Å²) in [6.07, 6.45) is -3.61. The molecule has 0 aliphatic rings. The number of carboxylic acid groups (broad SMARTS) is 1. The number of carbonyl (C=O) groups excluding carboxylic acids is 1. The maximum atomic E-state index is 12.9. The number of pyridine rings is 1. The Morgan fingerprint density at radius 3 is 1.97 bits per heavy atom. The maximum absolute atomic E-state index is 12.9. The van der Waals surface area contributed by atoms with Gasteiger partial charge in [0.05, 0.1) is 4.90 Å². The van der Waals surface area contributed by atoms with Crippen molar-refractivity contribution in [3.05, 3.63) is 84.3 Å². The molecule has 0 atom stereocenters. The van der Waals surface area contributed by atoms with Crippen LogP contribution in [0.4, 0.5) is 29.1 Å². The summed E-state index contributed by atoms with van der Waals surface area (Å²) < 4.78 is 71.6. The molecule has 0 spiro atoms. The standard InChI is InChI=1S/C18H14FN3O3S.C2HF3O2/c19-14-6-4-13(5-7-14)18(23)21-15-8-10-16(11-9-15)26(24,25)22-17-3-1-2-12-20-17;3-2(4,5)1(6)7/h1-12H,(H,20,22)(H,21,23);(H,6,7). The van der Waals surface area contributed by atoms with E-state index in [2.05, 4.69) is 15.0 Å². The van der Waals surface area contributed by atoms with E-state index in [0.717, 1.165) is 0 Å². The molecule has 3 rings (SSSR count). The molecule has 0 bridgehead atoms. The monoisotopic (exact) mass is 485 g/mol. The Bertz CT molecular complexity index is 1200. The zero-order valence-electron chi connectivity index (χ0n) is 16.4. The number of anilines is 2. The first kappa shape index (κ1) is 25.3. The van der Waals surface area contributed by atoms with E-state index in [4.69, 9.17) is 9.90 Å². The highest BCUT2D eigenvalue weighted by molar-refractivity contribution is 7.92. The van der Waals surface area contributed by atoms with Crippen LogP contribution in [0, 0.1) is 5.82 Å². The number of carboxylic acids is 1. The Balaban J connectivity index is 0.000000479. The average molecular weight is 485 g/mol. The molecule has 33 heavy (non-hydrogen) atoms. The van der Waals surface area contributed by atoms with Gasteiger partial charge in [0.1, 0.15) is 11.6 Å². The number of hydrogen-bond acceptors (Lipinski definition) is 5. The van der Waals surface area contributed by atoms with E-state index < -0.39 is 33.9 Å². The van der Waals surface area contributed by atoms with Crippen LogP contribution in [0.3, 0.4) is 0 Å². The van der Waals surface area contributed by atoms with Crippen molar-refractivity contribution in [3.63, 3.8) is 0 Å². The number of halogens is 4. The van der Waals surface area contributed by atoms with E-state index in [9.17, 15) is 30.8 Å². The molecule has 8 nitrogen and oxygen atoms in total. The highest BCUT2D eigenvalue weighted by Gasteiger charge is 2.38. The van der Waals surface area contributed by atoms with Crippen LogP contribution in [-0.4, -0.2) is 36.6 Å². The number of nitrogens with one attached hydrogen (secondary N) is 2. The highest BCUT2D eigenvalue weighted by atomic mass is 32.2. The second-order valence-electron chi connectivity index (χ2n) is 6.11. The Morgan fingerprint density at radius 1 is 0.909 bits per heavy atom. The van der Waals surface area contributed by atoms with Crippen molar-refractivity contribution in [1.82, 2.24) is 4.98 Å². The molecule has 13 heteroatoms. The molecule has 1 amide bonds. The van der Waals surface area contributed by atoms with Crippen LogP contribution < -0.4 is 10.0 Å². The van der Waals surface area contributed by atoms with E-state index in [0.29, 0.717) is 11.3 Å². The SMILES string of the molecule is O=C(Nc1ccc(S(=O)(=O)Nc2ccccn2)cc1)c1ccc(F)cc1.O=C(O)C(F)(F)F. The van der Waals surface area contributed by atoms with Gasteiger partial charge >= 0.3 is 12.1 Å². The van der Waals surface area contributed by atoms with Gasteiger partial charge in [0.15, 0.2) is 0 Å². The number of hydrogen-bond donors (Lipinski definition) is 3. The maximum Gasteiger partial charge on any atom is 0.490 e. The fraction of sp³-hybridized carbons (Fsp3) is 0.0500. The van der Waals surface area contributed by atoms with Crippen molar-refractivity contribution in [3.8, 4) is 0 Å². The van der Waals surface area contributed by atoms with Gasteiger partial charge < -0.3 is 10.4 Å². The van der Waals surface area contributed by atoms with Gasteiger partial charge in [-0.3, -0.25) is 9.52 Å². The summed E-state index contributed by atoms with van der Waals surface area (Å²) in [7, 11) is -3.78. The normalized spacial score (nSPS) is 11.0. The summed E-state index contributed by atoms with van der Waals surface area (Å²) in [6.45, 7) is 0. The predicted octanol–water partition coefficient (Wildman–Crippen LogP) is 3.91. The van der Waals surface area contributed by atoms with E-state index in [1.165, 1.54) is 60.8 Å². The Morgan fingerprint density at radius 2 is 1.48 bits per heavy atom. The molecule has 174 valence electrons. The molecular formula is C20H15F4N3O5S. The zero-order chi connectivity index (χ0) is 24.6. The number of benzene rings is 2. The second kappa shape index (κ2) is 10.5. The lowest BCUT2D eigenvalue weighted by atomic mass is 10.2. The number of carbonyl (C=O) groups is 2. The second-order valence-corrected chi connectivity index (χ2v) is 7.79. The molecule has 1 aromatic heterocycles. The van der Waals surface area contributed by atoms with Crippen molar-refractivity contribution in [2.24, 2.45) is 0 Å². The average Bonchev–Trinajstić information content (AvgIpc) is 2.75. The van der Waals surface area contributed by atoms with Crippen LogP contribution in [0.25, 0.3) is 0 Å². The number of nitrogens with zero attached hydrogens (tertiary/aromatic N) is 1. The first-order valence-corrected chi connectivity index (χ1v) is 10.3. The largest absolute Gasteiger partial charge is 0.490 e. The van der Waals surface area contributed by atoms with Crippen molar-refractivity contribution < 1.29 is 40.7 Å². The first-order valence-electron chi connectivity index (χ1n) is 8.79. The van der Waals surface area contributed by atoms with Crippen LogP contribution in [0.2, 0.25) is 0 Å². The molecule has 1 heterocycles. The zero-order valence-corrected chi connectivity index (χ0v) is 17.2. The summed E-state index contributed by atoms with van der Waals surface area (Å²) in [5.74, 6) is -3.41. The molecular weight excluding hydrogens is 470 g/mol. The molecule has 0 radical (unpaired) electrons. The lowest BCUT2D eigenvalue weighted by Crippen LogP contribution is -2.21. The van der Waals surface area contributed by atoms with E-state index >= 15 is 0 Å². The van der Waals surface area contributed by atoms with E-state index in [1.807, 2.05) is 0 Å². The molecule has 0 aliphatic carbocycles. The third-order valence-corrected chi connectivity index (χ3v) is 5.05. The summed E-state index contributed by atoms with van der Waals surface area (Å²) >= 11 is 0. The van der Waals surface area contributed by atoms with Crippen molar-refractivity contribution >= 4 is 33.4 Å². The molecule has 0 saturated heterocycles. The molecule has 2 aromatic carbocycles. The Labute approximate surface area is 185 Å². The van der Waals surface area contributed by atoms with Crippen molar-refractivity contribution in [1.29, 1.82) is 0 Å². The highest BCUT2D eigenvalue weighted by Crippen LogP contribution is 2.18. The van der Waals surface area contributed by atoms with Gasteiger partial charge in [-0.05, 0) is 60.7 Å². The minimum Gasteiger partial charge on any atom is -0.475 e. The van der Waals surface area contributed by atoms with Crippen molar-refractivity contribution in [2.45, 2.75) is 11.1 Å². The van der Waals surface area contributed by atoms with Crippen LogP contribution in [-0.2, 0) is 14.8 Å². The number of aliphatic carboxylic acids is 1. The predicted molar refractivity (Wildman–Crippen MR) is 110 cm³/mol. The molecule has 0 unspecified atom stereocenters. The molecule has 3 aromatic rings. The van der Waals surface area contributed by atoms with Gasteiger partial charge in [0.2, 0.25) is 0 Å². The van der Waals surface area contributed by atoms with Crippen LogP contribution in [0.15, 0.2) is 77.8 Å². The van der Waals surface area contributed by atoms with Crippen molar-refractivity contribution in [2.75, 3.05) is 10.0 Å². The molecule has 0 saturated carbocycles. The molecule has 3 N–H and O–H groups in total. The minimum absolute atomic E-state index is 0.0305. The number of sulfonamides is 1. The number of aromatic nitrogens is 1. The number of alkyl halides is 3. The van der Waals surface area contributed by atoms with E-state index in [-0.39, 0.29) is 10.7 Å². The van der Waals surface area contributed by atoms with Crippen LogP contribution in [0.5, 0.6) is 0 Å². The summed E-state index contributed by atoms with van der Waals surface area (Å²) in [6, 6.07) is 15.6. The molecule has 0 fully saturated rings. The third kappa shape index (κ3) is 7.88. The van der Waals surface area contributed by atoms with Gasteiger partial charge in [-0.25, -0.2) is 22.6 Å². The van der Waals surface area contributed by atoms with Gasteiger partial charge in [0.25, 0.3) is 15.9 Å². The summed E-state index contributed by atoms with van der Waals surface area (Å²) in [5, 5.41) is 9.74. The van der Waals surface area contributed by atoms with Gasteiger partial charge in [-0.15, -0.1) is 0 Å². The lowest BCUT2D eigenvalue weighted by molar-refractivity contribution is -0.192. The van der Waals surface area contributed by atoms with Gasteiger partial charge in [-0.2, -0.15) is 13.2 Å². The lowest BCUT2D eigenvalue weighted by Gasteiger charge is -2.09. The quantitative estimate of drug-likeness (QED) is 0.471. The minimum atomic E-state index is -5.08. The van der Waals surface area contributed by atoms with E-state index in [1.54, 1.807) is 12.1 Å². The van der Waals surface area contributed by atoms with Crippen LogP contribution >= 0.6 is 0 Å². The van der Waals surface area contributed by atoms with Gasteiger partial charge in [-0.1, -0.05) is 6.07 Å². The fourth-order valence-corrected chi connectivity index (χ4v) is 3.15. The first-order chi connectivity index (χ1) is 15.4.